The van der Waals surface area contributed by atoms with Crippen LogP contribution >= 0.6 is 0 Å². The molecule has 0 atom stereocenters. The minimum absolute atomic E-state index is 0.276. The van der Waals surface area contributed by atoms with Crippen LogP contribution < -0.4 is 10.1 Å². The Balaban J connectivity index is 1.93. The highest BCUT2D eigenvalue weighted by molar-refractivity contribution is 6.10. The second-order valence-electron chi connectivity index (χ2n) is 4.43. The van der Waals surface area contributed by atoms with Crippen molar-refractivity contribution in [1.82, 2.24) is 9.97 Å². The topological polar surface area (TPSA) is 64.1 Å². The van der Waals surface area contributed by atoms with E-state index < -0.39 is 0 Å². The largest absolute Gasteiger partial charge is 0.497 e. The van der Waals surface area contributed by atoms with Crippen LogP contribution in [0.25, 0.3) is 10.9 Å². The zero-order valence-corrected chi connectivity index (χ0v) is 11.4. The van der Waals surface area contributed by atoms with Gasteiger partial charge < -0.3 is 10.1 Å². The molecular formula is C16H13N3O2. The van der Waals surface area contributed by atoms with E-state index in [0.717, 1.165) is 10.9 Å². The van der Waals surface area contributed by atoms with E-state index in [0.29, 0.717) is 17.1 Å². The van der Waals surface area contributed by atoms with E-state index in [2.05, 4.69) is 15.3 Å². The third kappa shape index (κ3) is 2.67. The van der Waals surface area contributed by atoms with Gasteiger partial charge in [-0.2, -0.15) is 0 Å². The number of hydrogen-bond acceptors (Lipinski definition) is 4. The highest BCUT2D eigenvalue weighted by Crippen LogP contribution is 2.19. The van der Waals surface area contributed by atoms with Crippen molar-refractivity contribution >= 4 is 22.5 Å². The van der Waals surface area contributed by atoms with Crippen molar-refractivity contribution < 1.29 is 9.53 Å². The van der Waals surface area contributed by atoms with Gasteiger partial charge in [0.2, 0.25) is 0 Å². The second-order valence-corrected chi connectivity index (χ2v) is 4.43. The van der Waals surface area contributed by atoms with Crippen LogP contribution in [-0.4, -0.2) is 23.0 Å². The van der Waals surface area contributed by atoms with E-state index in [1.54, 1.807) is 19.2 Å². The summed E-state index contributed by atoms with van der Waals surface area (Å²) in [6, 6.07) is 14.6. The number of hydrogen-bond donors (Lipinski definition) is 1. The zero-order chi connectivity index (χ0) is 14.7. The maximum absolute atomic E-state index is 12.4. The Kier molecular flexibility index (Phi) is 3.47. The molecular weight excluding hydrogens is 266 g/mol. The average molecular weight is 279 g/mol. The number of benzene rings is 2. The first-order chi connectivity index (χ1) is 10.3. The van der Waals surface area contributed by atoms with Crippen molar-refractivity contribution in [2.45, 2.75) is 0 Å². The number of carbonyl (C=O) groups excluding carboxylic acids is 1. The quantitative estimate of drug-likeness (QED) is 0.800. The molecule has 0 fully saturated rings. The lowest BCUT2D eigenvalue weighted by Gasteiger charge is -2.08. The summed E-state index contributed by atoms with van der Waals surface area (Å²) < 4.78 is 5.14. The molecule has 5 nitrogen and oxygen atoms in total. The summed E-state index contributed by atoms with van der Waals surface area (Å²) in [5.41, 5.74) is 1.74. The first kappa shape index (κ1) is 13.1. The van der Waals surface area contributed by atoms with Crippen LogP contribution in [0.5, 0.6) is 5.75 Å². The van der Waals surface area contributed by atoms with Gasteiger partial charge in [0.1, 0.15) is 17.8 Å². The SMILES string of the molecule is COc1cccc(NC(=O)c2ncnc3ccccc23)c1. The fraction of sp³-hybridized carbons (Fsp3) is 0.0625. The first-order valence-corrected chi connectivity index (χ1v) is 6.43. The zero-order valence-electron chi connectivity index (χ0n) is 11.4. The van der Waals surface area contributed by atoms with Crippen LogP contribution in [0.4, 0.5) is 5.69 Å². The molecule has 2 aromatic carbocycles. The molecule has 0 radical (unpaired) electrons. The molecule has 0 saturated carbocycles. The van der Waals surface area contributed by atoms with Gasteiger partial charge in [-0.15, -0.1) is 0 Å². The van der Waals surface area contributed by atoms with Gasteiger partial charge >= 0.3 is 0 Å². The Labute approximate surface area is 121 Å². The van der Waals surface area contributed by atoms with Gasteiger partial charge in [0.05, 0.1) is 12.6 Å². The van der Waals surface area contributed by atoms with E-state index in [4.69, 9.17) is 4.74 Å². The number of ether oxygens (including phenoxy) is 1. The van der Waals surface area contributed by atoms with Crippen LogP contribution in [0.1, 0.15) is 10.5 Å². The summed E-state index contributed by atoms with van der Waals surface area (Å²) in [6.45, 7) is 0. The summed E-state index contributed by atoms with van der Waals surface area (Å²) in [5.74, 6) is 0.405. The number of rotatable bonds is 3. The number of amides is 1. The van der Waals surface area contributed by atoms with E-state index in [1.807, 2.05) is 36.4 Å². The molecule has 21 heavy (non-hydrogen) atoms. The van der Waals surface area contributed by atoms with Crippen molar-refractivity contribution in [3.63, 3.8) is 0 Å². The standard InChI is InChI=1S/C16H13N3O2/c1-21-12-6-4-5-11(9-12)19-16(20)15-13-7-2-3-8-14(13)17-10-18-15/h2-10H,1H3,(H,19,20). The van der Waals surface area contributed by atoms with Gasteiger partial charge in [-0.05, 0) is 18.2 Å². The van der Waals surface area contributed by atoms with Gasteiger partial charge in [-0.25, -0.2) is 9.97 Å². The molecule has 0 aliphatic carbocycles. The lowest BCUT2D eigenvalue weighted by molar-refractivity contribution is 0.102. The number of methoxy groups -OCH3 is 1. The summed E-state index contributed by atoms with van der Waals surface area (Å²) in [5, 5.41) is 3.54. The number of aromatic nitrogens is 2. The third-order valence-corrected chi connectivity index (χ3v) is 3.09. The molecule has 1 aromatic heterocycles. The minimum Gasteiger partial charge on any atom is -0.497 e. The summed E-state index contributed by atoms with van der Waals surface area (Å²) in [7, 11) is 1.58. The summed E-state index contributed by atoms with van der Waals surface area (Å²) in [4.78, 5) is 20.6. The molecule has 3 rings (SSSR count). The second kappa shape index (κ2) is 5.58. The summed E-state index contributed by atoms with van der Waals surface area (Å²) in [6.07, 6.45) is 1.39. The van der Waals surface area contributed by atoms with E-state index >= 15 is 0 Å². The van der Waals surface area contributed by atoms with E-state index in [-0.39, 0.29) is 5.91 Å². The van der Waals surface area contributed by atoms with Gasteiger partial charge in [-0.3, -0.25) is 4.79 Å². The molecule has 1 N–H and O–H groups in total. The fourth-order valence-corrected chi connectivity index (χ4v) is 2.08. The smallest absolute Gasteiger partial charge is 0.275 e. The number of nitrogens with zero attached hydrogens (tertiary/aromatic N) is 2. The highest BCUT2D eigenvalue weighted by atomic mass is 16.5. The van der Waals surface area contributed by atoms with Crippen molar-refractivity contribution in [3.05, 3.63) is 60.6 Å². The Morgan fingerprint density at radius 2 is 1.95 bits per heavy atom. The van der Waals surface area contributed by atoms with E-state index in [1.165, 1.54) is 6.33 Å². The molecule has 0 unspecified atom stereocenters. The van der Waals surface area contributed by atoms with Gasteiger partial charge in [0.25, 0.3) is 5.91 Å². The molecule has 0 aliphatic rings. The molecule has 0 saturated heterocycles. The molecule has 5 heteroatoms. The van der Waals surface area contributed by atoms with Crippen LogP contribution in [0.3, 0.4) is 0 Å². The fourth-order valence-electron chi connectivity index (χ4n) is 2.08. The third-order valence-electron chi connectivity index (χ3n) is 3.09. The minimum atomic E-state index is -0.276. The van der Waals surface area contributed by atoms with Gasteiger partial charge in [0, 0.05) is 17.1 Å². The Morgan fingerprint density at radius 3 is 2.81 bits per heavy atom. The lowest BCUT2D eigenvalue weighted by atomic mass is 10.2. The van der Waals surface area contributed by atoms with Crippen molar-refractivity contribution in [2.75, 3.05) is 12.4 Å². The Bertz CT molecular complexity index is 797. The molecule has 104 valence electrons. The van der Waals surface area contributed by atoms with Crippen molar-refractivity contribution in [1.29, 1.82) is 0 Å². The Morgan fingerprint density at radius 1 is 1.10 bits per heavy atom. The monoisotopic (exact) mass is 279 g/mol. The van der Waals surface area contributed by atoms with Crippen LogP contribution in [0.15, 0.2) is 54.9 Å². The molecule has 0 aliphatic heterocycles. The summed E-state index contributed by atoms with van der Waals surface area (Å²) >= 11 is 0. The van der Waals surface area contributed by atoms with Crippen LogP contribution in [-0.2, 0) is 0 Å². The number of nitrogens with one attached hydrogen (secondary N) is 1. The molecule has 0 spiro atoms. The predicted molar refractivity (Wildman–Crippen MR) is 80.5 cm³/mol. The maximum Gasteiger partial charge on any atom is 0.275 e. The Hall–Kier alpha value is -2.95. The van der Waals surface area contributed by atoms with Gasteiger partial charge in [-0.1, -0.05) is 24.3 Å². The van der Waals surface area contributed by atoms with Gasteiger partial charge in [0.15, 0.2) is 0 Å². The first-order valence-electron chi connectivity index (χ1n) is 6.43. The average Bonchev–Trinajstić information content (AvgIpc) is 2.54. The highest BCUT2D eigenvalue weighted by Gasteiger charge is 2.12. The molecule has 0 bridgehead atoms. The number of anilines is 1. The van der Waals surface area contributed by atoms with Crippen LogP contribution in [0, 0.1) is 0 Å². The normalized spacial score (nSPS) is 10.3. The predicted octanol–water partition coefficient (Wildman–Crippen LogP) is 2.89. The molecule has 3 aromatic rings. The lowest BCUT2D eigenvalue weighted by Crippen LogP contribution is -2.14. The molecule has 1 amide bonds. The van der Waals surface area contributed by atoms with Crippen molar-refractivity contribution in [2.24, 2.45) is 0 Å². The number of fused-ring (bicyclic) bond motifs is 1. The number of para-hydroxylation sites is 1. The maximum atomic E-state index is 12.4. The number of carbonyl (C=O) groups is 1. The molecule has 1 heterocycles. The van der Waals surface area contributed by atoms with E-state index in [9.17, 15) is 4.79 Å². The van der Waals surface area contributed by atoms with Crippen LogP contribution in [0.2, 0.25) is 0 Å². The van der Waals surface area contributed by atoms with Crippen molar-refractivity contribution in [3.8, 4) is 5.75 Å².